The summed E-state index contributed by atoms with van der Waals surface area (Å²) >= 11 is 1.49. The highest BCUT2D eigenvalue weighted by Crippen LogP contribution is 2.50. The highest BCUT2D eigenvalue weighted by molar-refractivity contribution is 7.14. The van der Waals surface area contributed by atoms with Gasteiger partial charge in [0.15, 0.2) is 5.06 Å². The average molecular weight is 677 g/mol. The van der Waals surface area contributed by atoms with Crippen molar-refractivity contribution >= 4 is 34.9 Å². The normalized spacial score (nSPS) is 22.6. The summed E-state index contributed by atoms with van der Waals surface area (Å²) in [4.78, 5) is 35.7. The van der Waals surface area contributed by atoms with Gasteiger partial charge in [-0.05, 0) is 77.3 Å². The maximum Gasteiger partial charge on any atom is 0.410 e. The number of thiophene rings is 1. The zero-order valence-corrected chi connectivity index (χ0v) is 29.3. The second kappa shape index (κ2) is 13.2. The number of likely N-dealkylation sites (N-methyl/N-ethyl adjacent to an activating group) is 1. The van der Waals surface area contributed by atoms with Gasteiger partial charge in [-0.3, -0.25) is 9.89 Å². The van der Waals surface area contributed by atoms with Crippen molar-refractivity contribution in [3.8, 4) is 10.8 Å². The summed E-state index contributed by atoms with van der Waals surface area (Å²) in [5, 5.41) is 0.711. The Bertz CT molecular complexity index is 1480. The first-order chi connectivity index (χ1) is 21.9. The topological polar surface area (TPSA) is 93.1 Å². The lowest BCUT2D eigenvalue weighted by molar-refractivity contribution is -0.120. The lowest BCUT2D eigenvalue weighted by Crippen LogP contribution is -2.55. The van der Waals surface area contributed by atoms with Crippen molar-refractivity contribution in [3.05, 3.63) is 40.8 Å². The molecule has 0 saturated carbocycles. The van der Waals surface area contributed by atoms with Crippen LogP contribution in [0.25, 0.3) is 0 Å². The number of ether oxygens (including phenoxy) is 4. The largest absolute Gasteiger partial charge is 0.492 e. The van der Waals surface area contributed by atoms with Gasteiger partial charge in [0.2, 0.25) is 0 Å². The van der Waals surface area contributed by atoms with Gasteiger partial charge in [0.1, 0.15) is 23.6 Å². The molecule has 1 aromatic heterocycles. The zero-order valence-electron chi connectivity index (χ0n) is 28.5. The molecule has 4 heterocycles. The van der Waals surface area contributed by atoms with Gasteiger partial charge in [0.25, 0.3) is 5.92 Å². The molecule has 0 radical (unpaired) electrons. The molecular formula is C34H46F2N4O6S. The van der Waals surface area contributed by atoms with E-state index in [1.165, 1.54) is 21.1 Å². The van der Waals surface area contributed by atoms with E-state index in [0.717, 1.165) is 21.8 Å². The Hall–Kier alpha value is -3.45. The van der Waals surface area contributed by atoms with E-state index in [1.54, 1.807) is 34.9 Å². The number of carbonyl (C=O) groups excluding carboxylic acids is 2. The molecule has 258 valence electrons. The molecular weight excluding hydrogens is 630 g/mol. The number of nitrogens with zero attached hydrogens (tertiary/aromatic N) is 4. The van der Waals surface area contributed by atoms with E-state index in [1.807, 2.05) is 51.1 Å². The van der Waals surface area contributed by atoms with Gasteiger partial charge in [-0.2, -0.15) is 0 Å². The second-order valence-corrected chi connectivity index (χ2v) is 15.6. The highest BCUT2D eigenvalue weighted by Gasteiger charge is 2.56. The van der Waals surface area contributed by atoms with E-state index in [9.17, 15) is 9.59 Å². The summed E-state index contributed by atoms with van der Waals surface area (Å²) in [6.45, 7) is 11.6. The molecule has 3 atom stereocenters. The summed E-state index contributed by atoms with van der Waals surface area (Å²) < 4.78 is 53.4. The van der Waals surface area contributed by atoms with Gasteiger partial charge in [0, 0.05) is 45.1 Å². The maximum absolute atomic E-state index is 15.6. The molecule has 0 spiro atoms. The number of carbonyl (C=O) groups is 2. The van der Waals surface area contributed by atoms with Crippen LogP contribution < -0.4 is 9.47 Å². The van der Waals surface area contributed by atoms with E-state index >= 15 is 8.78 Å². The molecule has 10 nitrogen and oxygen atoms in total. The summed E-state index contributed by atoms with van der Waals surface area (Å²) in [6.07, 6.45) is -0.570. The molecule has 2 aromatic rings. The third kappa shape index (κ3) is 8.35. The number of benzene rings is 1. The first-order valence-corrected chi connectivity index (χ1v) is 16.8. The van der Waals surface area contributed by atoms with E-state index in [2.05, 4.69) is 4.90 Å². The standard InChI is InChI=1S/C34H46F2N4O6S/c1-32(2,3)45-30(41)38(7)13-14-44-23-11-9-21(10-12-23)25-15-27(29-26(37-25)16-28(43-8)47-29)39-17-22-18-40(31(42)46-33(4,5)6)20-34(35,36)24(22)19-39/h9-12,16,22,24,27H,13-15,17-20H2,1-8H3. The van der Waals surface area contributed by atoms with Gasteiger partial charge in [-0.1, -0.05) is 0 Å². The fourth-order valence-corrected chi connectivity index (χ4v) is 7.27. The van der Waals surface area contributed by atoms with E-state index in [0.29, 0.717) is 36.9 Å². The van der Waals surface area contributed by atoms with Crippen LogP contribution in [0.3, 0.4) is 0 Å². The van der Waals surface area contributed by atoms with Crippen molar-refractivity contribution in [1.82, 2.24) is 14.7 Å². The van der Waals surface area contributed by atoms with Crippen LogP contribution in [0.4, 0.5) is 24.1 Å². The Balaban J connectivity index is 1.27. The average Bonchev–Trinajstić information content (AvgIpc) is 3.60. The summed E-state index contributed by atoms with van der Waals surface area (Å²) in [6, 6.07) is 9.33. The minimum Gasteiger partial charge on any atom is -0.492 e. The van der Waals surface area contributed by atoms with E-state index in [-0.39, 0.29) is 25.0 Å². The van der Waals surface area contributed by atoms with Gasteiger partial charge in [0.05, 0.1) is 42.5 Å². The zero-order chi connectivity index (χ0) is 34.3. The van der Waals surface area contributed by atoms with Crippen LogP contribution in [0, 0.1) is 11.8 Å². The third-order valence-corrected chi connectivity index (χ3v) is 9.60. The summed E-state index contributed by atoms with van der Waals surface area (Å²) in [7, 11) is 3.27. The number of rotatable bonds is 7. The fraction of sp³-hybridized carbons (Fsp3) is 0.618. The molecule has 13 heteroatoms. The second-order valence-electron chi connectivity index (χ2n) is 14.5. The molecule has 0 aliphatic carbocycles. The van der Waals surface area contributed by atoms with Crippen LogP contribution >= 0.6 is 11.3 Å². The smallest absolute Gasteiger partial charge is 0.410 e. The predicted octanol–water partition coefficient (Wildman–Crippen LogP) is 7.00. The Labute approximate surface area is 279 Å². The van der Waals surface area contributed by atoms with Crippen molar-refractivity contribution in [1.29, 1.82) is 0 Å². The highest BCUT2D eigenvalue weighted by atomic mass is 32.1. The molecule has 5 rings (SSSR count). The number of fused-ring (bicyclic) bond motifs is 2. The molecule has 3 aliphatic heterocycles. The molecule has 1 aromatic carbocycles. The number of likely N-dealkylation sites (tertiary alicyclic amines) is 2. The molecule has 3 unspecified atom stereocenters. The number of alkyl halides is 2. The first kappa shape index (κ1) is 34.9. The van der Waals surface area contributed by atoms with Crippen molar-refractivity contribution < 1.29 is 37.3 Å². The van der Waals surface area contributed by atoms with Gasteiger partial charge in [-0.25, -0.2) is 18.4 Å². The predicted molar refractivity (Wildman–Crippen MR) is 177 cm³/mol. The minimum atomic E-state index is -3.03. The van der Waals surface area contributed by atoms with E-state index in [4.69, 9.17) is 23.9 Å². The van der Waals surface area contributed by atoms with Crippen LogP contribution in [-0.2, 0) is 9.47 Å². The molecule has 3 aliphatic rings. The van der Waals surface area contributed by atoms with Gasteiger partial charge >= 0.3 is 12.2 Å². The van der Waals surface area contributed by atoms with Gasteiger partial charge < -0.3 is 28.7 Å². The Morgan fingerprint density at radius 1 is 1.04 bits per heavy atom. The fourth-order valence-electron chi connectivity index (χ4n) is 6.23. The number of piperidine rings is 1. The lowest BCUT2D eigenvalue weighted by Gasteiger charge is -2.40. The van der Waals surface area contributed by atoms with Crippen molar-refractivity contribution in [2.45, 2.75) is 71.1 Å². The Kier molecular flexibility index (Phi) is 9.81. The lowest BCUT2D eigenvalue weighted by atomic mass is 9.86. The molecule has 2 saturated heterocycles. The quantitative estimate of drug-likeness (QED) is 0.312. The van der Waals surface area contributed by atoms with E-state index < -0.39 is 41.8 Å². The van der Waals surface area contributed by atoms with Crippen molar-refractivity contribution in [2.24, 2.45) is 16.8 Å². The number of halogens is 2. The SMILES string of the molecule is COc1cc2c(s1)C(N1CC3CN(C(=O)OC(C)(C)C)CC(F)(F)C3C1)CC(c1ccc(OCCN(C)C(=O)OC(C)(C)C)cc1)=N2. The number of hydrogen-bond acceptors (Lipinski definition) is 9. The van der Waals surface area contributed by atoms with Gasteiger partial charge in [-0.15, -0.1) is 11.3 Å². The Morgan fingerprint density at radius 3 is 2.36 bits per heavy atom. The van der Waals surface area contributed by atoms with Crippen molar-refractivity contribution in [2.75, 3.05) is 53.5 Å². The minimum absolute atomic E-state index is 0.165. The number of hydrogen-bond donors (Lipinski definition) is 0. The third-order valence-electron chi connectivity index (χ3n) is 8.41. The van der Waals surface area contributed by atoms with Crippen LogP contribution in [0.2, 0.25) is 0 Å². The molecule has 0 N–H and O–H groups in total. The molecule has 0 bridgehead atoms. The number of aliphatic imine (C=N–C) groups is 1. The number of amides is 2. The Morgan fingerprint density at radius 2 is 1.72 bits per heavy atom. The molecule has 47 heavy (non-hydrogen) atoms. The monoisotopic (exact) mass is 676 g/mol. The van der Waals surface area contributed by atoms with Crippen molar-refractivity contribution in [3.63, 3.8) is 0 Å². The van der Waals surface area contributed by atoms with Crippen LogP contribution in [0.5, 0.6) is 10.8 Å². The molecule has 2 fully saturated rings. The number of methoxy groups -OCH3 is 1. The van der Waals surface area contributed by atoms with Crippen LogP contribution in [0.15, 0.2) is 35.3 Å². The molecule has 2 amide bonds. The van der Waals surface area contributed by atoms with Crippen LogP contribution in [-0.4, -0.2) is 103 Å². The maximum atomic E-state index is 15.6. The first-order valence-electron chi connectivity index (χ1n) is 15.9. The summed E-state index contributed by atoms with van der Waals surface area (Å²) in [5.74, 6) is -3.63. The van der Waals surface area contributed by atoms with Crippen LogP contribution in [0.1, 0.15) is 64.4 Å². The summed E-state index contributed by atoms with van der Waals surface area (Å²) in [5.41, 5.74) is 1.19.